The molecule has 0 spiro atoms. The number of hydrogen-bond acceptors (Lipinski definition) is 3. The fourth-order valence-electron chi connectivity index (χ4n) is 1.25. The number of carbonyl (C=O) groups is 1. The summed E-state index contributed by atoms with van der Waals surface area (Å²) in [5.41, 5.74) is 6.60. The number of nitrogens with two attached hydrogens (primary N) is 1. The number of nitrogens with zero attached hydrogens (tertiary/aromatic N) is 1. The molecule has 1 amide bonds. The van der Waals surface area contributed by atoms with Crippen molar-refractivity contribution in [1.82, 2.24) is 5.32 Å². The van der Waals surface area contributed by atoms with E-state index in [4.69, 9.17) is 11.0 Å². The summed E-state index contributed by atoms with van der Waals surface area (Å²) in [7, 11) is 0. The molecule has 4 heteroatoms. The number of hydrogen-bond donors (Lipinski definition) is 2. The number of rotatable bonds is 4. The Hall–Kier alpha value is -1.86. The van der Waals surface area contributed by atoms with Gasteiger partial charge >= 0.3 is 0 Å². The molecule has 0 fully saturated rings. The molecule has 3 N–H and O–H groups in total. The summed E-state index contributed by atoms with van der Waals surface area (Å²) in [5, 5.41) is 11.7. The first-order valence-corrected chi connectivity index (χ1v) is 4.65. The molecular weight excluding hydrogens is 190 g/mol. The van der Waals surface area contributed by atoms with Gasteiger partial charge in [0, 0.05) is 6.04 Å². The van der Waals surface area contributed by atoms with E-state index in [1.54, 1.807) is 12.1 Å². The molecule has 1 aromatic carbocycles. The number of amides is 1. The molecule has 1 rings (SSSR count). The molecule has 4 nitrogen and oxygen atoms in total. The van der Waals surface area contributed by atoms with Crippen molar-refractivity contribution in [2.75, 3.05) is 6.54 Å². The molecule has 0 heterocycles. The van der Waals surface area contributed by atoms with Crippen molar-refractivity contribution in [3.8, 4) is 6.07 Å². The van der Waals surface area contributed by atoms with Crippen molar-refractivity contribution in [2.45, 2.75) is 13.0 Å². The number of carbonyl (C=O) groups excluding carboxylic acids is 1. The highest BCUT2D eigenvalue weighted by molar-refractivity contribution is 5.75. The fraction of sp³-hybridized carbons (Fsp3) is 0.273. The lowest BCUT2D eigenvalue weighted by Crippen LogP contribution is -2.30. The van der Waals surface area contributed by atoms with Gasteiger partial charge in [-0.15, -0.1) is 0 Å². The van der Waals surface area contributed by atoms with Crippen LogP contribution in [0.15, 0.2) is 24.3 Å². The first-order chi connectivity index (χ1) is 7.13. The van der Waals surface area contributed by atoms with Crippen LogP contribution in [0.5, 0.6) is 0 Å². The van der Waals surface area contributed by atoms with E-state index in [2.05, 4.69) is 11.4 Å². The molecule has 0 saturated heterocycles. The number of nitriles is 1. The molecule has 0 aliphatic rings. The minimum Gasteiger partial charge on any atom is -0.369 e. The van der Waals surface area contributed by atoms with Gasteiger partial charge in [0.25, 0.3) is 0 Å². The summed E-state index contributed by atoms with van der Waals surface area (Å²) in [5.74, 6) is -0.390. The Bertz CT molecular complexity index is 395. The van der Waals surface area contributed by atoms with Crippen LogP contribution in [0.25, 0.3) is 0 Å². The Labute approximate surface area is 88.7 Å². The van der Waals surface area contributed by atoms with Gasteiger partial charge in [0.15, 0.2) is 0 Å². The van der Waals surface area contributed by atoms with Gasteiger partial charge in [-0.1, -0.05) is 12.1 Å². The van der Waals surface area contributed by atoms with Crippen LogP contribution >= 0.6 is 0 Å². The van der Waals surface area contributed by atoms with Crippen molar-refractivity contribution in [3.05, 3.63) is 35.4 Å². The highest BCUT2D eigenvalue weighted by atomic mass is 16.1. The SMILES string of the molecule is CC(NCC(N)=O)c1cccc(C#N)c1. The Kier molecular flexibility index (Phi) is 3.83. The lowest BCUT2D eigenvalue weighted by atomic mass is 10.1. The van der Waals surface area contributed by atoms with Crippen LogP contribution in [-0.2, 0) is 4.79 Å². The van der Waals surface area contributed by atoms with E-state index in [-0.39, 0.29) is 12.6 Å². The summed E-state index contributed by atoms with van der Waals surface area (Å²) in [4.78, 5) is 10.6. The average molecular weight is 203 g/mol. The topological polar surface area (TPSA) is 78.9 Å². The summed E-state index contributed by atoms with van der Waals surface area (Å²) < 4.78 is 0. The van der Waals surface area contributed by atoms with Crippen LogP contribution in [0, 0.1) is 11.3 Å². The zero-order valence-electron chi connectivity index (χ0n) is 8.53. The highest BCUT2D eigenvalue weighted by Gasteiger charge is 2.06. The van der Waals surface area contributed by atoms with E-state index >= 15 is 0 Å². The summed E-state index contributed by atoms with van der Waals surface area (Å²) in [6, 6.07) is 9.32. The zero-order valence-corrected chi connectivity index (χ0v) is 8.53. The van der Waals surface area contributed by atoms with Crippen molar-refractivity contribution in [1.29, 1.82) is 5.26 Å². The number of nitrogens with one attached hydrogen (secondary N) is 1. The molecule has 0 radical (unpaired) electrons. The second-order valence-corrected chi connectivity index (χ2v) is 3.31. The molecule has 1 unspecified atom stereocenters. The highest BCUT2D eigenvalue weighted by Crippen LogP contribution is 2.13. The predicted molar refractivity (Wildman–Crippen MR) is 56.8 cm³/mol. The first kappa shape index (κ1) is 11.2. The molecule has 0 aliphatic heterocycles. The van der Waals surface area contributed by atoms with Gasteiger partial charge in [-0.3, -0.25) is 4.79 Å². The zero-order chi connectivity index (χ0) is 11.3. The van der Waals surface area contributed by atoms with Crippen LogP contribution in [0.1, 0.15) is 24.1 Å². The Morgan fingerprint density at radius 3 is 3.00 bits per heavy atom. The smallest absolute Gasteiger partial charge is 0.231 e. The van der Waals surface area contributed by atoms with E-state index < -0.39 is 5.91 Å². The molecule has 78 valence electrons. The second-order valence-electron chi connectivity index (χ2n) is 3.31. The molecule has 0 aliphatic carbocycles. The third-order valence-corrected chi connectivity index (χ3v) is 2.10. The van der Waals surface area contributed by atoms with Gasteiger partial charge in [-0.2, -0.15) is 5.26 Å². The van der Waals surface area contributed by atoms with Crippen LogP contribution in [0.3, 0.4) is 0 Å². The van der Waals surface area contributed by atoms with E-state index in [1.807, 2.05) is 19.1 Å². The van der Waals surface area contributed by atoms with Gasteiger partial charge in [-0.25, -0.2) is 0 Å². The van der Waals surface area contributed by atoms with E-state index in [1.165, 1.54) is 0 Å². The van der Waals surface area contributed by atoms with Crippen LogP contribution in [0.4, 0.5) is 0 Å². The maximum absolute atomic E-state index is 10.6. The summed E-state index contributed by atoms with van der Waals surface area (Å²) in [6.07, 6.45) is 0. The van der Waals surface area contributed by atoms with Crippen molar-refractivity contribution >= 4 is 5.91 Å². The second kappa shape index (κ2) is 5.13. The van der Waals surface area contributed by atoms with Crippen molar-refractivity contribution in [2.24, 2.45) is 5.73 Å². The minimum absolute atomic E-state index is 0.00537. The number of primary amides is 1. The van der Waals surface area contributed by atoms with Crippen LogP contribution in [0.2, 0.25) is 0 Å². The maximum Gasteiger partial charge on any atom is 0.231 e. The van der Waals surface area contributed by atoms with Gasteiger partial charge in [0.2, 0.25) is 5.91 Å². The normalized spacial score (nSPS) is 11.7. The van der Waals surface area contributed by atoms with Crippen LogP contribution < -0.4 is 11.1 Å². The lowest BCUT2D eigenvalue weighted by molar-refractivity contribution is -0.117. The van der Waals surface area contributed by atoms with Crippen molar-refractivity contribution in [3.63, 3.8) is 0 Å². The summed E-state index contributed by atoms with van der Waals surface area (Å²) >= 11 is 0. The third-order valence-electron chi connectivity index (χ3n) is 2.10. The third kappa shape index (κ3) is 3.41. The van der Waals surface area contributed by atoms with Gasteiger partial charge in [-0.05, 0) is 24.6 Å². The fourth-order valence-corrected chi connectivity index (χ4v) is 1.25. The molecule has 0 saturated carbocycles. The molecule has 0 aromatic heterocycles. The quantitative estimate of drug-likeness (QED) is 0.755. The largest absolute Gasteiger partial charge is 0.369 e. The number of benzene rings is 1. The minimum atomic E-state index is -0.390. The maximum atomic E-state index is 10.6. The standard InChI is InChI=1S/C11H13N3O/c1-8(14-7-11(13)15)10-4-2-3-9(5-10)6-12/h2-5,8,14H,7H2,1H3,(H2,13,15). The van der Waals surface area contributed by atoms with Gasteiger partial charge < -0.3 is 11.1 Å². The molecule has 0 bridgehead atoms. The van der Waals surface area contributed by atoms with E-state index in [9.17, 15) is 4.79 Å². The molecule has 1 aromatic rings. The lowest BCUT2D eigenvalue weighted by Gasteiger charge is -2.12. The first-order valence-electron chi connectivity index (χ1n) is 4.65. The molecule has 15 heavy (non-hydrogen) atoms. The van der Waals surface area contributed by atoms with E-state index in [0.29, 0.717) is 5.56 Å². The summed E-state index contributed by atoms with van der Waals surface area (Å²) in [6.45, 7) is 2.05. The molecular formula is C11H13N3O. The monoisotopic (exact) mass is 203 g/mol. The van der Waals surface area contributed by atoms with Gasteiger partial charge in [0.05, 0.1) is 18.2 Å². The Morgan fingerprint density at radius 2 is 2.40 bits per heavy atom. The Balaban J connectivity index is 2.69. The average Bonchev–Trinajstić information content (AvgIpc) is 2.26. The van der Waals surface area contributed by atoms with Crippen molar-refractivity contribution < 1.29 is 4.79 Å². The van der Waals surface area contributed by atoms with Crippen LogP contribution in [-0.4, -0.2) is 12.5 Å². The predicted octanol–water partition coefficient (Wildman–Crippen LogP) is 0.694. The molecule has 1 atom stereocenters. The van der Waals surface area contributed by atoms with E-state index in [0.717, 1.165) is 5.56 Å². The Morgan fingerprint density at radius 1 is 1.67 bits per heavy atom. The van der Waals surface area contributed by atoms with Gasteiger partial charge in [0.1, 0.15) is 0 Å².